The maximum absolute atomic E-state index is 12.9. The lowest BCUT2D eigenvalue weighted by atomic mass is 10.0. The minimum Gasteiger partial charge on any atom is -0.480 e. The number of H-pyrrole nitrogens is 1. The fourth-order valence-corrected chi connectivity index (χ4v) is 4.54. The Kier molecular flexibility index (Phi) is 10.2. The van der Waals surface area contributed by atoms with E-state index in [9.17, 15) is 32.7 Å². The highest BCUT2D eigenvalue weighted by atomic mass is 35.5. The van der Waals surface area contributed by atoms with Gasteiger partial charge in [-0.05, 0) is 55.0 Å². The number of hydrogen-bond donors (Lipinski definition) is 4. The summed E-state index contributed by atoms with van der Waals surface area (Å²) in [4.78, 5) is 39.2. The first-order valence-corrected chi connectivity index (χ1v) is 13.0. The number of carbonyl (C=O) groups is 3. The number of carboxylic acid groups (broad SMARTS) is 1. The highest BCUT2D eigenvalue weighted by molar-refractivity contribution is 6.30. The molecule has 0 aliphatic rings. The third-order valence-corrected chi connectivity index (χ3v) is 6.47. The van der Waals surface area contributed by atoms with Crippen LogP contribution in [0.3, 0.4) is 0 Å². The Balaban J connectivity index is 1.73. The van der Waals surface area contributed by atoms with Crippen molar-refractivity contribution >= 4 is 40.3 Å². The van der Waals surface area contributed by atoms with Gasteiger partial charge in [-0.15, -0.1) is 0 Å². The van der Waals surface area contributed by atoms with E-state index < -0.39 is 36.2 Å². The van der Waals surface area contributed by atoms with Crippen LogP contribution in [-0.4, -0.2) is 52.7 Å². The van der Waals surface area contributed by atoms with Gasteiger partial charge >= 0.3 is 18.1 Å². The van der Waals surface area contributed by atoms with Gasteiger partial charge in [0.25, 0.3) is 5.91 Å². The number of alkyl halides is 3. The van der Waals surface area contributed by atoms with Crippen LogP contribution in [0.2, 0.25) is 5.02 Å². The number of halogens is 4. The maximum atomic E-state index is 12.9. The zero-order valence-electron chi connectivity index (χ0n) is 22.1. The average Bonchev–Trinajstić information content (AvgIpc) is 3.27. The first-order valence-electron chi connectivity index (χ1n) is 12.7. The topological polar surface area (TPSA) is 121 Å². The van der Waals surface area contributed by atoms with Crippen molar-refractivity contribution < 1.29 is 37.4 Å². The lowest BCUT2D eigenvalue weighted by molar-refractivity contribution is -0.205. The number of aromatic nitrogens is 1. The summed E-state index contributed by atoms with van der Waals surface area (Å²) in [7, 11) is 0. The van der Waals surface area contributed by atoms with E-state index in [4.69, 9.17) is 16.3 Å². The number of aliphatic carboxylic acids is 1. The Morgan fingerprint density at radius 3 is 2.42 bits per heavy atom. The number of nitrogens with one attached hydrogen (secondary N) is 3. The first kappa shape index (κ1) is 31.0. The normalized spacial score (nSPS) is 14.1. The number of para-hydroxylation sites is 1. The van der Waals surface area contributed by atoms with Gasteiger partial charge in [-0.3, -0.25) is 4.79 Å². The summed E-state index contributed by atoms with van der Waals surface area (Å²) in [6.45, 7) is 5.45. The van der Waals surface area contributed by atoms with Gasteiger partial charge in [0.15, 0.2) is 0 Å². The zero-order valence-corrected chi connectivity index (χ0v) is 22.9. The number of fused-ring (bicyclic) bond motifs is 1. The van der Waals surface area contributed by atoms with E-state index in [1.807, 2.05) is 26.8 Å². The summed E-state index contributed by atoms with van der Waals surface area (Å²) in [6, 6.07) is 9.87. The number of amides is 1. The molecular weight excluding hydrogens is 551 g/mol. The van der Waals surface area contributed by atoms with Gasteiger partial charge in [-0.2, -0.15) is 13.2 Å². The number of carboxylic acids is 1. The Hall–Kier alpha value is -3.57. The molecule has 0 aliphatic heterocycles. The van der Waals surface area contributed by atoms with E-state index in [2.05, 4.69) is 15.6 Å². The molecule has 0 spiro atoms. The van der Waals surface area contributed by atoms with Crippen LogP contribution in [0.5, 0.6) is 0 Å². The smallest absolute Gasteiger partial charge is 0.480 e. The molecule has 3 atom stereocenters. The summed E-state index contributed by atoms with van der Waals surface area (Å²) in [5, 5.41) is 16.2. The molecule has 1 amide bonds. The SMILES string of the molecule is CC(C)C[C@H](NC(=O)c1cccc2c(C[C@@H](C)NC[C@@H](OC(=O)C(F)(F)F)c3cccc(Cl)c3)c[nH]c12)C(=O)O. The van der Waals surface area contributed by atoms with Crippen LogP contribution in [-0.2, 0) is 20.7 Å². The van der Waals surface area contributed by atoms with Gasteiger partial charge in [0.2, 0.25) is 0 Å². The lowest BCUT2D eigenvalue weighted by Crippen LogP contribution is -2.41. The van der Waals surface area contributed by atoms with Crippen LogP contribution >= 0.6 is 11.6 Å². The number of esters is 1. The van der Waals surface area contributed by atoms with Crippen molar-refractivity contribution in [2.24, 2.45) is 5.92 Å². The minimum absolute atomic E-state index is 0.0683. The van der Waals surface area contributed by atoms with Gasteiger partial charge < -0.3 is 25.5 Å². The molecular formula is C28H31ClF3N3O5. The first-order chi connectivity index (χ1) is 18.8. The third kappa shape index (κ3) is 8.22. The molecule has 4 N–H and O–H groups in total. The molecule has 3 rings (SSSR count). The molecule has 1 heterocycles. The van der Waals surface area contributed by atoms with E-state index in [1.165, 1.54) is 12.1 Å². The van der Waals surface area contributed by atoms with E-state index in [0.717, 1.165) is 10.9 Å². The van der Waals surface area contributed by atoms with Crippen LogP contribution in [0.1, 0.15) is 54.8 Å². The Labute approximate surface area is 234 Å². The van der Waals surface area contributed by atoms with Gasteiger partial charge in [-0.25, -0.2) is 9.59 Å². The fourth-order valence-electron chi connectivity index (χ4n) is 4.34. The molecule has 0 radical (unpaired) electrons. The summed E-state index contributed by atoms with van der Waals surface area (Å²) in [5.41, 5.74) is 1.96. The molecule has 216 valence electrons. The molecule has 0 bridgehead atoms. The molecule has 3 aromatic rings. The van der Waals surface area contributed by atoms with Crippen LogP contribution in [0.15, 0.2) is 48.7 Å². The van der Waals surface area contributed by atoms with Crippen LogP contribution < -0.4 is 10.6 Å². The molecule has 0 unspecified atom stereocenters. The fraction of sp³-hybridized carbons (Fsp3) is 0.393. The van der Waals surface area contributed by atoms with Gasteiger partial charge in [0.1, 0.15) is 12.1 Å². The van der Waals surface area contributed by atoms with Crippen LogP contribution in [0, 0.1) is 5.92 Å². The maximum Gasteiger partial charge on any atom is 0.490 e. The van der Waals surface area contributed by atoms with Crippen molar-refractivity contribution in [3.63, 3.8) is 0 Å². The number of aromatic amines is 1. The molecule has 0 aliphatic carbocycles. The van der Waals surface area contributed by atoms with Crippen LogP contribution in [0.25, 0.3) is 10.9 Å². The number of ether oxygens (including phenoxy) is 1. The van der Waals surface area contributed by atoms with Crippen molar-refractivity contribution in [2.45, 2.75) is 58.0 Å². The van der Waals surface area contributed by atoms with Gasteiger partial charge in [0.05, 0.1) is 11.1 Å². The summed E-state index contributed by atoms with van der Waals surface area (Å²) in [6.07, 6.45) is -3.95. The molecule has 0 fully saturated rings. The van der Waals surface area contributed by atoms with Crippen molar-refractivity contribution in [3.05, 3.63) is 70.4 Å². The van der Waals surface area contributed by atoms with E-state index in [-0.39, 0.29) is 29.9 Å². The Bertz CT molecular complexity index is 1360. The largest absolute Gasteiger partial charge is 0.490 e. The quantitative estimate of drug-likeness (QED) is 0.212. The number of hydrogen-bond acceptors (Lipinski definition) is 5. The number of rotatable bonds is 12. The standard InChI is InChI=1S/C28H31ClF3N3O5/c1-15(2)10-22(26(37)38)35-25(36)21-9-5-8-20-18(13-34-24(20)21)11-16(3)33-14-23(40-27(39)28(30,31)32)17-6-4-7-19(29)12-17/h4-9,12-13,15-16,22-23,33-34H,10-11,14H2,1-3H3,(H,35,36)(H,37,38)/t16-,22+,23-/m1/s1. The average molecular weight is 582 g/mol. The molecule has 12 heteroatoms. The van der Waals surface area contributed by atoms with E-state index in [1.54, 1.807) is 30.5 Å². The van der Waals surface area contributed by atoms with E-state index in [0.29, 0.717) is 23.1 Å². The summed E-state index contributed by atoms with van der Waals surface area (Å²) < 4.78 is 43.4. The zero-order chi connectivity index (χ0) is 29.6. The van der Waals surface area contributed by atoms with Crippen molar-refractivity contribution in [2.75, 3.05) is 6.54 Å². The molecule has 40 heavy (non-hydrogen) atoms. The molecule has 0 saturated carbocycles. The predicted octanol–water partition coefficient (Wildman–Crippen LogP) is 5.42. The molecule has 8 nitrogen and oxygen atoms in total. The second kappa shape index (κ2) is 13.2. The van der Waals surface area contributed by atoms with Gasteiger partial charge in [0, 0.05) is 29.2 Å². The number of benzene rings is 2. The van der Waals surface area contributed by atoms with Crippen molar-refractivity contribution in [1.82, 2.24) is 15.6 Å². The monoisotopic (exact) mass is 581 g/mol. The summed E-state index contributed by atoms with van der Waals surface area (Å²) >= 11 is 5.98. The third-order valence-electron chi connectivity index (χ3n) is 6.24. The van der Waals surface area contributed by atoms with Gasteiger partial charge in [-0.1, -0.05) is 49.7 Å². The Morgan fingerprint density at radius 2 is 1.80 bits per heavy atom. The summed E-state index contributed by atoms with van der Waals surface area (Å²) in [5.74, 6) is -3.86. The second-order valence-corrected chi connectivity index (χ2v) is 10.4. The highest BCUT2D eigenvalue weighted by Gasteiger charge is 2.42. The Morgan fingerprint density at radius 1 is 1.10 bits per heavy atom. The lowest BCUT2D eigenvalue weighted by Gasteiger charge is -2.22. The highest BCUT2D eigenvalue weighted by Crippen LogP contribution is 2.27. The van der Waals surface area contributed by atoms with Crippen molar-refractivity contribution in [1.29, 1.82) is 0 Å². The molecule has 1 aromatic heterocycles. The van der Waals surface area contributed by atoms with Crippen molar-refractivity contribution in [3.8, 4) is 0 Å². The van der Waals surface area contributed by atoms with E-state index >= 15 is 0 Å². The van der Waals surface area contributed by atoms with Crippen LogP contribution in [0.4, 0.5) is 13.2 Å². The minimum atomic E-state index is -5.14. The second-order valence-electron chi connectivity index (χ2n) is 10.00. The predicted molar refractivity (Wildman–Crippen MR) is 144 cm³/mol. The molecule has 0 saturated heterocycles. The molecule has 2 aromatic carbocycles. The number of carbonyl (C=O) groups excluding carboxylic acids is 2.